The van der Waals surface area contributed by atoms with Crippen molar-refractivity contribution in [3.8, 4) is 0 Å². The summed E-state index contributed by atoms with van der Waals surface area (Å²) in [6.45, 7) is 0.879. The Morgan fingerprint density at radius 1 is 0.909 bits per heavy atom. The molecule has 0 aliphatic carbocycles. The number of aliphatic hydroxyl groups is 2. The molecule has 2 aromatic rings. The van der Waals surface area contributed by atoms with Gasteiger partial charge in [0, 0.05) is 18.8 Å². The summed E-state index contributed by atoms with van der Waals surface area (Å²) in [6.07, 6.45) is 0. The number of rotatable bonds is 7. The summed E-state index contributed by atoms with van der Waals surface area (Å²) < 4.78 is 0. The Morgan fingerprint density at radius 3 is 2.18 bits per heavy atom. The van der Waals surface area contributed by atoms with Crippen molar-refractivity contribution >= 4 is 28.7 Å². The van der Waals surface area contributed by atoms with Crippen molar-refractivity contribution in [3.05, 3.63) is 53.6 Å². The first-order valence-electron chi connectivity index (χ1n) is 6.97. The van der Waals surface area contributed by atoms with Gasteiger partial charge in [-0.2, -0.15) is 5.11 Å². The molecule has 0 aliphatic rings. The fraction of sp³-hybridized carbons (Fsp3) is 0.250. The molecule has 0 amide bonds. The predicted molar refractivity (Wildman–Crippen MR) is 88.5 cm³/mol. The number of anilines is 1. The van der Waals surface area contributed by atoms with Crippen molar-refractivity contribution in [3.63, 3.8) is 0 Å². The molecule has 0 saturated heterocycles. The number of hydrogen-bond acceptors (Lipinski definition) is 5. The summed E-state index contributed by atoms with van der Waals surface area (Å²) in [7, 11) is 0. The first-order valence-corrected chi connectivity index (χ1v) is 7.35. The Hall–Kier alpha value is -1.95. The summed E-state index contributed by atoms with van der Waals surface area (Å²) in [4.78, 5) is 1.85. The van der Waals surface area contributed by atoms with Gasteiger partial charge in [-0.3, -0.25) is 0 Å². The number of nitrogens with zero attached hydrogens (tertiary/aromatic N) is 3. The lowest BCUT2D eigenvalue weighted by atomic mass is 10.2. The van der Waals surface area contributed by atoms with Crippen molar-refractivity contribution in [2.45, 2.75) is 0 Å². The molecule has 0 radical (unpaired) electrons. The highest BCUT2D eigenvalue weighted by atomic mass is 35.5. The fourth-order valence-corrected chi connectivity index (χ4v) is 2.20. The van der Waals surface area contributed by atoms with Crippen molar-refractivity contribution in [1.29, 1.82) is 0 Å². The van der Waals surface area contributed by atoms with Crippen LogP contribution in [0.5, 0.6) is 0 Å². The zero-order chi connectivity index (χ0) is 15.8. The number of aliphatic hydroxyl groups excluding tert-OH is 2. The fourth-order valence-electron chi connectivity index (χ4n) is 1.99. The smallest absolute Gasteiger partial charge is 0.104 e. The summed E-state index contributed by atoms with van der Waals surface area (Å²) in [6, 6.07) is 14.8. The molecule has 6 heteroatoms. The third kappa shape index (κ3) is 4.53. The molecule has 2 N–H and O–H groups in total. The second kappa shape index (κ2) is 8.48. The third-order valence-electron chi connectivity index (χ3n) is 3.07. The number of benzene rings is 2. The van der Waals surface area contributed by atoms with Gasteiger partial charge >= 0.3 is 0 Å². The van der Waals surface area contributed by atoms with E-state index < -0.39 is 0 Å². The molecular formula is C16H18ClN3O2. The molecule has 0 saturated carbocycles. The van der Waals surface area contributed by atoms with Crippen LogP contribution in [0.4, 0.5) is 17.1 Å². The highest BCUT2D eigenvalue weighted by Gasteiger charge is 2.08. The van der Waals surface area contributed by atoms with Crippen LogP contribution < -0.4 is 4.90 Å². The second-order valence-corrected chi connectivity index (χ2v) is 5.01. The standard InChI is InChI=1S/C16H18ClN3O2/c17-15-12-14(20(8-10-21)9-11-22)6-7-16(15)19-18-13-4-2-1-3-5-13/h1-7,12,21-22H,8-11H2. The molecule has 0 unspecified atom stereocenters. The molecule has 0 heterocycles. The first kappa shape index (κ1) is 16.4. The summed E-state index contributed by atoms with van der Waals surface area (Å²) >= 11 is 6.23. The molecule has 0 spiro atoms. The van der Waals surface area contributed by atoms with E-state index in [2.05, 4.69) is 10.2 Å². The van der Waals surface area contributed by atoms with E-state index >= 15 is 0 Å². The molecule has 0 bridgehead atoms. The lowest BCUT2D eigenvalue weighted by molar-refractivity contribution is 0.281. The van der Waals surface area contributed by atoms with Crippen LogP contribution in [-0.4, -0.2) is 36.5 Å². The van der Waals surface area contributed by atoms with E-state index in [-0.39, 0.29) is 13.2 Å². The van der Waals surface area contributed by atoms with Gasteiger partial charge in [0.2, 0.25) is 0 Å². The molecule has 5 nitrogen and oxygen atoms in total. The average Bonchev–Trinajstić information content (AvgIpc) is 2.54. The normalized spacial score (nSPS) is 11.0. The van der Waals surface area contributed by atoms with Gasteiger partial charge < -0.3 is 15.1 Å². The topological polar surface area (TPSA) is 68.4 Å². The minimum absolute atomic E-state index is 0.00703. The van der Waals surface area contributed by atoms with Gasteiger partial charge in [0.25, 0.3) is 0 Å². The van der Waals surface area contributed by atoms with Crippen LogP contribution >= 0.6 is 11.6 Å². The Kier molecular flexibility index (Phi) is 6.33. The van der Waals surface area contributed by atoms with Gasteiger partial charge in [-0.15, -0.1) is 5.11 Å². The van der Waals surface area contributed by atoms with E-state index in [0.717, 1.165) is 11.4 Å². The van der Waals surface area contributed by atoms with Crippen molar-refractivity contribution < 1.29 is 10.2 Å². The van der Waals surface area contributed by atoms with Gasteiger partial charge in [0.15, 0.2) is 0 Å². The Morgan fingerprint density at radius 2 is 1.59 bits per heavy atom. The molecular weight excluding hydrogens is 302 g/mol. The summed E-state index contributed by atoms with van der Waals surface area (Å²) in [5.41, 5.74) is 2.15. The minimum Gasteiger partial charge on any atom is -0.395 e. The molecule has 0 aromatic heterocycles. The number of halogens is 1. The maximum atomic E-state index is 9.07. The molecule has 116 valence electrons. The largest absolute Gasteiger partial charge is 0.395 e. The molecule has 2 rings (SSSR count). The molecule has 0 aliphatic heterocycles. The maximum Gasteiger partial charge on any atom is 0.104 e. The van der Waals surface area contributed by atoms with Gasteiger partial charge in [-0.05, 0) is 30.3 Å². The third-order valence-corrected chi connectivity index (χ3v) is 3.37. The number of azo groups is 1. The molecule has 0 atom stereocenters. The van der Waals surface area contributed by atoms with E-state index in [9.17, 15) is 0 Å². The SMILES string of the molecule is OCCN(CCO)c1ccc(N=Nc2ccccc2)c(Cl)c1. The van der Waals surface area contributed by atoms with Crippen LogP contribution in [-0.2, 0) is 0 Å². The Labute approximate surface area is 134 Å². The highest BCUT2D eigenvalue weighted by Crippen LogP contribution is 2.30. The molecule has 22 heavy (non-hydrogen) atoms. The molecule has 0 fully saturated rings. The van der Waals surface area contributed by atoms with Crippen molar-refractivity contribution in [1.82, 2.24) is 0 Å². The quantitative estimate of drug-likeness (QED) is 0.767. The average molecular weight is 320 g/mol. The lowest BCUT2D eigenvalue weighted by Gasteiger charge is -2.23. The zero-order valence-corrected chi connectivity index (χ0v) is 12.8. The maximum absolute atomic E-state index is 9.07. The van der Waals surface area contributed by atoms with E-state index in [4.69, 9.17) is 21.8 Å². The molecule has 2 aromatic carbocycles. The Balaban J connectivity index is 2.17. The van der Waals surface area contributed by atoms with Gasteiger partial charge in [-0.25, -0.2) is 0 Å². The van der Waals surface area contributed by atoms with Gasteiger partial charge in [-0.1, -0.05) is 29.8 Å². The van der Waals surface area contributed by atoms with Gasteiger partial charge in [0.1, 0.15) is 5.69 Å². The lowest BCUT2D eigenvalue weighted by Crippen LogP contribution is -2.29. The van der Waals surface area contributed by atoms with Crippen LogP contribution in [0.25, 0.3) is 0 Å². The van der Waals surface area contributed by atoms with E-state index in [1.54, 1.807) is 12.1 Å². The monoisotopic (exact) mass is 319 g/mol. The van der Waals surface area contributed by atoms with E-state index in [0.29, 0.717) is 23.8 Å². The van der Waals surface area contributed by atoms with Crippen LogP contribution in [0.3, 0.4) is 0 Å². The summed E-state index contributed by atoms with van der Waals surface area (Å²) in [5.74, 6) is 0. The Bertz CT molecular complexity index is 614. The second-order valence-electron chi connectivity index (χ2n) is 4.61. The highest BCUT2D eigenvalue weighted by molar-refractivity contribution is 6.33. The predicted octanol–water partition coefficient (Wildman–Crippen LogP) is 3.55. The van der Waals surface area contributed by atoms with Crippen LogP contribution in [0, 0.1) is 0 Å². The van der Waals surface area contributed by atoms with Crippen LogP contribution in [0.2, 0.25) is 5.02 Å². The van der Waals surface area contributed by atoms with Crippen LogP contribution in [0.1, 0.15) is 0 Å². The number of hydrogen-bond donors (Lipinski definition) is 2. The summed E-state index contributed by atoms with van der Waals surface area (Å²) in [5, 5.41) is 26.9. The van der Waals surface area contributed by atoms with Crippen molar-refractivity contribution in [2.24, 2.45) is 10.2 Å². The zero-order valence-electron chi connectivity index (χ0n) is 12.1. The van der Waals surface area contributed by atoms with Crippen LogP contribution in [0.15, 0.2) is 58.8 Å². The first-order chi connectivity index (χ1) is 10.7. The van der Waals surface area contributed by atoms with E-state index in [1.165, 1.54) is 0 Å². The van der Waals surface area contributed by atoms with Gasteiger partial charge in [0.05, 0.1) is 23.9 Å². The van der Waals surface area contributed by atoms with E-state index in [1.807, 2.05) is 41.3 Å². The van der Waals surface area contributed by atoms with Crippen molar-refractivity contribution in [2.75, 3.05) is 31.2 Å². The minimum atomic E-state index is 0.00703.